The van der Waals surface area contributed by atoms with Gasteiger partial charge in [-0.05, 0) is 36.2 Å². The molecule has 6 heteroatoms. The molecule has 130 valence electrons. The van der Waals surface area contributed by atoms with Gasteiger partial charge in [-0.1, -0.05) is 30.3 Å². The number of aromatic carboxylic acids is 1. The van der Waals surface area contributed by atoms with Gasteiger partial charge in [0.25, 0.3) is 0 Å². The number of carbonyl (C=O) groups is 1. The van der Waals surface area contributed by atoms with Crippen molar-refractivity contribution in [2.75, 3.05) is 7.11 Å². The molecule has 4 rings (SSSR count). The average molecular weight is 364 g/mol. The summed E-state index contributed by atoms with van der Waals surface area (Å²) < 4.78 is 7.04. The number of imidazole rings is 1. The topological polar surface area (TPSA) is 63.8 Å². The molecule has 26 heavy (non-hydrogen) atoms. The minimum absolute atomic E-state index is 0.177. The van der Waals surface area contributed by atoms with E-state index in [0.717, 1.165) is 28.1 Å². The van der Waals surface area contributed by atoms with Crippen LogP contribution in [0.5, 0.6) is 5.75 Å². The molecule has 0 spiro atoms. The molecule has 0 radical (unpaired) electrons. The highest BCUT2D eigenvalue weighted by Gasteiger charge is 2.23. The fourth-order valence-corrected chi connectivity index (χ4v) is 3.99. The van der Waals surface area contributed by atoms with Gasteiger partial charge < -0.3 is 9.84 Å². The van der Waals surface area contributed by atoms with E-state index in [9.17, 15) is 9.90 Å². The number of ether oxygens (including phenoxy) is 1. The zero-order chi connectivity index (χ0) is 18.3. The van der Waals surface area contributed by atoms with Crippen molar-refractivity contribution in [2.24, 2.45) is 0 Å². The van der Waals surface area contributed by atoms with Gasteiger partial charge in [-0.2, -0.15) is 0 Å². The van der Waals surface area contributed by atoms with E-state index in [1.54, 1.807) is 11.5 Å². The Kier molecular flexibility index (Phi) is 3.97. The first kappa shape index (κ1) is 16.4. The Morgan fingerprint density at radius 2 is 1.92 bits per heavy atom. The van der Waals surface area contributed by atoms with E-state index >= 15 is 0 Å². The van der Waals surface area contributed by atoms with Gasteiger partial charge in [0.2, 0.25) is 0 Å². The second-order valence-electron chi connectivity index (χ2n) is 5.90. The van der Waals surface area contributed by atoms with Crippen molar-refractivity contribution in [1.29, 1.82) is 0 Å². The molecule has 5 nitrogen and oxygen atoms in total. The van der Waals surface area contributed by atoms with E-state index in [-0.39, 0.29) is 5.69 Å². The molecular formula is C20H16N2O3S. The SMILES string of the molecule is COc1ccc(-c2csc3nc(-c4ccccc4)c(C(=O)O)n23)cc1C. The van der Waals surface area contributed by atoms with Crippen molar-refractivity contribution < 1.29 is 14.6 Å². The van der Waals surface area contributed by atoms with Crippen molar-refractivity contribution >= 4 is 22.3 Å². The lowest BCUT2D eigenvalue weighted by molar-refractivity contribution is 0.0690. The maximum Gasteiger partial charge on any atom is 0.355 e. The maximum atomic E-state index is 12.0. The normalized spacial score (nSPS) is 11.0. The fourth-order valence-electron chi connectivity index (χ4n) is 3.09. The van der Waals surface area contributed by atoms with Gasteiger partial charge in [0.15, 0.2) is 10.7 Å². The Labute approximate surface area is 154 Å². The largest absolute Gasteiger partial charge is 0.496 e. The number of rotatable bonds is 4. The van der Waals surface area contributed by atoms with E-state index in [0.29, 0.717) is 10.7 Å². The summed E-state index contributed by atoms with van der Waals surface area (Å²) in [4.78, 5) is 17.3. The smallest absolute Gasteiger partial charge is 0.355 e. The average Bonchev–Trinajstić information content (AvgIpc) is 3.21. The molecule has 0 aliphatic heterocycles. The predicted molar refractivity (Wildman–Crippen MR) is 102 cm³/mol. The van der Waals surface area contributed by atoms with Crippen molar-refractivity contribution in [3.8, 4) is 28.3 Å². The van der Waals surface area contributed by atoms with E-state index in [1.807, 2.05) is 60.8 Å². The van der Waals surface area contributed by atoms with Crippen LogP contribution in [0.3, 0.4) is 0 Å². The molecule has 2 heterocycles. The third kappa shape index (κ3) is 2.55. The Morgan fingerprint density at radius 1 is 1.15 bits per heavy atom. The maximum absolute atomic E-state index is 12.0. The van der Waals surface area contributed by atoms with E-state index in [1.165, 1.54) is 11.3 Å². The Hall–Kier alpha value is -3.12. The molecule has 0 fully saturated rings. The lowest BCUT2D eigenvalue weighted by atomic mass is 10.1. The molecule has 0 unspecified atom stereocenters. The zero-order valence-corrected chi connectivity index (χ0v) is 15.1. The minimum atomic E-state index is -0.999. The quantitative estimate of drug-likeness (QED) is 0.568. The standard InChI is InChI=1S/C20H16N2O3S/c1-12-10-14(8-9-16(12)25-2)15-11-26-20-21-17(13-6-4-3-5-7-13)18(19(23)24)22(15)20/h3-11H,1-2H3,(H,23,24). The number of aromatic nitrogens is 2. The monoisotopic (exact) mass is 364 g/mol. The molecule has 0 saturated heterocycles. The number of aryl methyl sites for hydroxylation is 1. The molecule has 1 N–H and O–H groups in total. The molecule has 2 aromatic heterocycles. The number of carboxylic acid groups (broad SMARTS) is 1. The first-order chi connectivity index (χ1) is 12.6. The second kappa shape index (κ2) is 6.31. The Bertz CT molecular complexity index is 1110. The molecule has 0 amide bonds. The van der Waals surface area contributed by atoms with E-state index in [2.05, 4.69) is 4.98 Å². The summed E-state index contributed by atoms with van der Waals surface area (Å²) >= 11 is 1.43. The van der Waals surface area contributed by atoms with Gasteiger partial charge >= 0.3 is 5.97 Å². The Balaban J connectivity index is 1.97. The van der Waals surface area contributed by atoms with Gasteiger partial charge in [-0.3, -0.25) is 4.40 Å². The highest BCUT2D eigenvalue weighted by Crippen LogP contribution is 2.34. The minimum Gasteiger partial charge on any atom is -0.496 e. The third-order valence-electron chi connectivity index (χ3n) is 4.30. The van der Waals surface area contributed by atoms with Gasteiger partial charge in [0.05, 0.1) is 12.8 Å². The third-order valence-corrected chi connectivity index (χ3v) is 5.13. The van der Waals surface area contributed by atoms with Crippen molar-refractivity contribution in [3.63, 3.8) is 0 Å². The summed E-state index contributed by atoms with van der Waals surface area (Å²) in [6.45, 7) is 1.97. The number of hydrogen-bond donors (Lipinski definition) is 1. The Morgan fingerprint density at radius 3 is 2.58 bits per heavy atom. The van der Waals surface area contributed by atoms with Crippen LogP contribution in [-0.4, -0.2) is 27.6 Å². The van der Waals surface area contributed by atoms with E-state index in [4.69, 9.17) is 4.74 Å². The number of nitrogens with zero attached hydrogens (tertiary/aromatic N) is 2. The molecular weight excluding hydrogens is 348 g/mol. The number of fused-ring (bicyclic) bond motifs is 1. The van der Waals surface area contributed by atoms with Gasteiger partial charge in [-0.25, -0.2) is 9.78 Å². The first-order valence-electron chi connectivity index (χ1n) is 8.04. The predicted octanol–water partition coefficient (Wildman–Crippen LogP) is 4.75. The second-order valence-corrected chi connectivity index (χ2v) is 6.74. The number of methoxy groups -OCH3 is 1. The first-order valence-corrected chi connectivity index (χ1v) is 8.92. The van der Waals surface area contributed by atoms with Gasteiger partial charge in [0.1, 0.15) is 11.4 Å². The number of thiazole rings is 1. The summed E-state index contributed by atoms with van der Waals surface area (Å²) in [5.74, 6) is -0.199. The lowest BCUT2D eigenvalue weighted by Gasteiger charge is -2.08. The van der Waals surface area contributed by atoms with Crippen LogP contribution in [0.4, 0.5) is 0 Å². The van der Waals surface area contributed by atoms with Crippen LogP contribution in [-0.2, 0) is 0 Å². The summed E-state index contributed by atoms with van der Waals surface area (Å²) in [6.07, 6.45) is 0. The van der Waals surface area contributed by atoms with Gasteiger partial charge in [0, 0.05) is 10.9 Å². The summed E-state index contributed by atoms with van der Waals surface area (Å²) in [7, 11) is 1.63. The highest BCUT2D eigenvalue weighted by molar-refractivity contribution is 7.15. The molecule has 0 saturated carbocycles. The van der Waals surface area contributed by atoms with Crippen molar-refractivity contribution in [2.45, 2.75) is 6.92 Å². The van der Waals surface area contributed by atoms with Crippen LogP contribution in [0, 0.1) is 6.92 Å². The van der Waals surface area contributed by atoms with Crippen LogP contribution in [0.2, 0.25) is 0 Å². The molecule has 0 aliphatic rings. The van der Waals surface area contributed by atoms with Crippen LogP contribution in [0.15, 0.2) is 53.9 Å². The van der Waals surface area contributed by atoms with Crippen molar-refractivity contribution in [1.82, 2.24) is 9.38 Å². The molecule has 0 bridgehead atoms. The van der Waals surface area contributed by atoms with E-state index < -0.39 is 5.97 Å². The zero-order valence-electron chi connectivity index (χ0n) is 14.3. The number of carboxylic acids is 1. The van der Waals surface area contributed by atoms with Crippen LogP contribution in [0.1, 0.15) is 16.1 Å². The van der Waals surface area contributed by atoms with Crippen LogP contribution < -0.4 is 4.74 Å². The molecule has 4 aromatic rings. The molecule has 2 aromatic carbocycles. The number of benzene rings is 2. The van der Waals surface area contributed by atoms with Crippen LogP contribution >= 0.6 is 11.3 Å². The number of hydrogen-bond acceptors (Lipinski definition) is 4. The van der Waals surface area contributed by atoms with Gasteiger partial charge in [-0.15, -0.1) is 11.3 Å². The summed E-state index contributed by atoms with van der Waals surface area (Å²) in [5.41, 5.74) is 4.17. The summed E-state index contributed by atoms with van der Waals surface area (Å²) in [6, 6.07) is 15.2. The highest BCUT2D eigenvalue weighted by atomic mass is 32.1. The molecule has 0 atom stereocenters. The van der Waals surface area contributed by atoms with Crippen molar-refractivity contribution in [3.05, 3.63) is 65.2 Å². The fraction of sp³-hybridized carbons (Fsp3) is 0.100. The summed E-state index contributed by atoms with van der Waals surface area (Å²) in [5, 5.41) is 11.8. The molecule has 0 aliphatic carbocycles. The van der Waals surface area contributed by atoms with Crippen LogP contribution in [0.25, 0.3) is 27.5 Å². The lowest BCUT2D eigenvalue weighted by Crippen LogP contribution is -2.04.